The van der Waals surface area contributed by atoms with Crippen LogP contribution in [0.4, 0.5) is 0 Å². The molecular weight excluding hydrogens is 224 g/mol. The lowest BCUT2D eigenvalue weighted by Gasteiger charge is -2.39. The fourth-order valence-electron chi connectivity index (χ4n) is 3.55. The van der Waals surface area contributed by atoms with Crippen LogP contribution in [0.25, 0.3) is 0 Å². The summed E-state index contributed by atoms with van der Waals surface area (Å²) < 4.78 is 5.65. The van der Waals surface area contributed by atoms with E-state index in [4.69, 9.17) is 4.74 Å². The lowest BCUT2D eigenvalue weighted by atomic mass is 9.85. The molecule has 18 heavy (non-hydrogen) atoms. The zero-order chi connectivity index (χ0) is 12.8. The molecule has 2 rings (SSSR count). The van der Waals surface area contributed by atoms with E-state index in [-0.39, 0.29) is 0 Å². The smallest absolute Gasteiger partial charge is 0.0674 e. The van der Waals surface area contributed by atoms with Crippen LogP contribution in [0.15, 0.2) is 0 Å². The largest absolute Gasteiger partial charge is 0.376 e. The first-order chi connectivity index (χ1) is 8.74. The topological polar surface area (TPSA) is 24.5 Å². The first kappa shape index (κ1) is 14.3. The van der Waals surface area contributed by atoms with Crippen molar-refractivity contribution in [1.82, 2.24) is 10.2 Å². The number of nitrogens with zero attached hydrogens (tertiary/aromatic N) is 1. The molecule has 1 saturated carbocycles. The zero-order valence-electron chi connectivity index (χ0n) is 12.2. The average molecular weight is 254 g/mol. The Morgan fingerprint density at radius 2 is 2.11 bits per heavy atom. The van der Waals surface area contributed by atoms with Gasteiger partial charge in [0, 0.05) is 26.2 Å². The average Bonchev–Trinajstić information content (AvgIpc) is 2.78. The fraction of sp³-hybridized carbons (Fsp3) is 1.00. The standard InChI is InChI=1S/C15H30N2O/c1-3-8-16-12-15(6-4-5-7-15)13-17-9-10-18-14(2)11-17/h14,16H,3-13H2,1-2H3. The van der Waals surface area contributed by atoms with Crippen molar-refractivity contribution in [2.75, 3.05) is 39.3 Å². The van der Waals surface area contributed by atoms with Gasteiger partial charge in [-0.3, -0.25) is 4.90 Å². The van der Waals surface area contributed by atoms with Crippen molar-refractivity contribution in [3.05, 3.63) is 0 Å². The molecule has 1 saturated heterocycles. The Hall–Kier alpha value is -0.120. The molecule has 1 aliphatic carbocycles. The summed E-state index contributed by atoms with van der Waals surface area (Å²) in [5.74, 6) is 0. The maximum Gasteiger partial charge on any atom is 0.0674 e. The fourth-order valence-corrected chi connectivity index (χ4v) is 3.55. The lowest BCUT2D eigenvalue weighted by molar-refractivity contribution is -0.0318. The molecule has 1 heterocycles. The van der Waals surface area contributed by atoms with E-state index in [1.54, 1.807) is 0 Å². The van der Waals surface area contributed by atoms with Gasteiger partial charge in [-0.2, -0.15) is 0 Å². The summed E-state index contributed by atoms with van der Waals surface area (Å²) in [4.78, 5) is 2.63. The summed E-state index contributed by atoms with van der Waals surface area (Å²) in [5, 5.41) is 3.66. The van der Waals surface area contributed by atoms with Crippen LogP contribution in [0.5, 0.6) is 0 Å². The van der Waals surface area contributed by atoms with Crippen LogP contribution in [0.2, 0.25) is 0 Å². The molecule has 106 valence electrons. The molecule has 0 aromatic rings. The van der Waals surface area contributed by atoms with Crippen LogP contribution in [0, 0.1) is 5.41 Å². The van der Waals surface area contributed by atoms with Crippen molar-refractivity contribution in [1.29, 1.82) is 0 Å². The Kier molecular flexibility index (Phi) is 5.46. The third-order valence-electron chi connectivity index (χ3n) is 4.48. The SMILES string of the molecule is CCCNCC1(CN2CCOC(C)C2)CCCC1. The molecule has 1 N–H and O–H groups in total. The van der Waals surface area contributed by atoms with E-state index in [0.29, 0.717) is 11.5 Å². The second-order valence-corrected chi connectivity index (χ2v) is 6.30. The Labute approximate surface area is 112 Å². The van der Waals surface area contributed by atoms with Crippen molar-refractivity contribution in [3.63, 3.8) is 0 Å². The van der Waals surface area contributed by atoms with Gasteiger partial charge in [-0.25, -0.2) is 0 Å². The molecule has 1 atom stereocenters. The summed E-state index contributed by atoms with van der Waals surface area (Å²) in [6.45, 7) is 11.3. The molecule has 2 fully saturated rings. The van der Waals surface area contributed by atoms with Gasteiger partial charge in [-0.15, -0.1) is 0 Å². The van der Waals surface area contributed by atoms with E-state index in [1.807, 2.05) is 0 Å². The van der Waals surface area contributed by atoms with Crippen LogP contribution in [0.1, 0.15) is 46.0 Å². The van der Waals surface area contributed by atoms with E-state index in [9.17, 15) is 0 Å². The highest BCUT2D eigenvalue weighted by atomic mass is 16.5. The van der Waals surface area contributed by atoms with E-state index in [0.717, 1.165) is 19.7 Å². The molecule has 0 aromatic heterocycles. The van der Waals surface area contributed by atoms with Gasteiger partial charge >= 0.3 is 0 Å². The Morgan fingerprint density at radius 1 is 1.33 bits per heavy atom. The number of nitrogens with one attached hydrogen (secondary N) is 1. The minimum atomic E-state index is 0.417. The maximum absolute atomic E-state index is 5.65. The summed E-state index contributed by atoms with van der Waals surface area (Å²) in [7, 11) is 0. The monoisotopic (exact) mass is 254 g/mol. The van der Waals surface area contributed by atoms with Gasteiger partial charge < -0.3 is 10.1 Å². The molecule has 1 aliphatic heterocycles. The molecule has 3 nitrogen and oxygen atoms in total. The molecule has 3 heteroatoms. The highest BCUT2D eigenvalue weighted by Crippen LogP contribution is 2.38. The van der Waals surface area contributed by atoms with Crippen molar-refractivity contribution < 1.29 is 4.74 Å². The third kappa shape index (κ3) is 3.94. The quantitative estimate of drug-likeness (QED) is 0.736. The van der Waals surface area contributed by atoms with Crippen molar-refractivity contribution in [2.24, 2.45) is 5.41 Å². The maximum atomic E-state index is 5.65. The lowest BCUT2D eigenvalue weighted by Crippen LogP contribution is -2.48. The Morgan fingerprint density at radius 3 is 2.78 bits per heavy atom. The number of hydrogen-bond acceptors (Lipinski definition) is 3. The first-order valence-electron chi connectivity index (χ1n) is 7.79. The van der Waals surface area contributed by atoms with Gasteiger partial charge in [0.25, 0.3) is 0 Å². The molecule has 0 radical (unpaired) electrons. The van der Waals surface area contributed by atoms with Crippen LogP contribution in [-0.2, 0) is 4.74 Å². The molecule has 0 amide bonds. The van der Waals surface area contributed by atoms with Crippen LogP contribution in [0.3, 0.4) is 0 Å². The van der Waals surface area contributed by atoms with Gasteiger partial charge in [-0.05, 0) is 38.1 Å². The predicted octanol–water partition coefficient (Wildman–Crippen LogP) is 2.27. The zero-order valence-corrected chi connectivity index (χ0v) is 12.2. The first-order valence-corrected chi connectivity index (χ1v) is 7.79. The highest BCUT2D eigenvalue weighted by molar-refractivity contribution is 4.90. The molecule has 2 aliphatic rings. The van der Waals surface area contributed by atoms with Gasteiger partial charge in [0.05, 0.1) is 12.7 Å². The summed E-state index contributed by atoms with van der Waals surface area (Å²) in [5.41, 5.74) is 0.548. The minimum Gasteiger partial charge on any atom is -0.376 e. The number of rotatable bonds is 6. The summed E-state index contributed by atoms with van der Waals surface area (Å²) in [6.07, 6.45) is 7.33. The molecule has 1 unspecified atom stereocenters. The molecule has 0 spiro atoms. The molecular formula is C15H30N2O. The van der Waals surface area contributed by atoms with Crippen LogP contribution in [-0.4, -0.2) is 50.3 Å². The van der Waals surface area contributed by atoms with E-state index < -0.39 is 0 Å². The van der Waals surface area contributed by atoms with Crippen LogP contribution >= 0.6 is 0 Å². The van der Waals surface area contributed by atoms with Crippen molar-refractivity contribution in [3.8, 4) is 0 Å². The van der Waals surface area contributed by atoms with Gasteiger partial charge in [0.2, 0.25) is 0 Å². The van der Waals surface area contributed by atoms with Crippen LogP contribution < -0.4 is 5.32 Å². The van der Waals surface area contributed by atoms with E-state index in [2.05, 4.69) is 24.1 Å². The number of morpholine rings is 1. The van der Waals surface area contributed by atoms with E-state index in [1.165, 1.54) is 51.7 Å². The minimum absolute atomic E-state index is 0.417. The highest BCUT2D eigenvalue weighted by Gasteiger charge is 2.35. The van der Waals surface area contributed by atoms with Gasteiger partial charge in [0.15, 0.2) is 0 Å². The predicted molar refractivity (Wildman–Crippen MR) is 75.9 cm³/mol. The third-order valence-corrected chi connectivity index (χ3v) is 4.48. The number of ether oxygens (including phenoxy) is 1. The molecule has 0 bridgehead atoms. The van der Waals surface area contributed by atoms with Crippen molar-refractivity contribution >= 4 is 0 Å². The van der Waals surface area contributed by atoms with E-state index >= 15 is 0 Å². The summed E-state index contributed by atoms with van der Waals surface area (Å²) >= 11 is 0. The van der Waals surface area contributed by atoms with Gasteiger partial charge in [-0.1, -0.05) is 19.8 Å². The van der Waals surface area contributed by atoms with Crippen molar-refractivity contribution in [2.45, 2.75) is 52.1 Å². The van der Waals surface area contributed by atoms with Gasteiger partial charge in [0.1, 0.15) is 0 Å². The Balaban J connectivity index is 1.84. The Bertz CT molecular complexity index is 239. The normalized spacial score (nSPS) is 28.7. The second kappa shape index (κ2) is 6.88. The number of hydrogen-bond donors (Lipinski definition) is 1. The summed E-state index contributed by atoms with van der Waals surface area (Å²) in [6, 6.07) is 0. The second-order valence-electron chi connectivity index (χ2n) is 6.30. The molecule has 0 aromatic carbocycles.